The number of rotatable bonds is 3. The first-order chi connectivity index (χ1) is 10.2. The van der Waals surface area contributed by atoms with Gasteiger partial charge in [-0.15, -0.1) is 0 Å². The Morgan fingerprint density at radius 3 is 2.62 bits per heavy atom. The van der Waals surface area contributed by atoms with E-state index in [-0.39, 0.29) is 5.75 Å². The largest absolute Gasteiger partial charge is 0.494 e. The van der Waals surface area contributed by atoms with Gasteiger partial charge < -0.3 is 9.84 Å². The van der Waals surface area contributed by atoms with Crippen LogP contribution >= 0.6 is 0 Å². The van der Waals surface area contributed by atoms with Crippen molar-refractivity contribution >= 4 is 11.0 Å². The third-order valence-electron chi connectivity index (χ3n) is 3.24. The maximum absolute atomic E-state index is 13.7. The molecule has 21 heavy (non-hydrogen) atoms. The standard InChI is InChI=1S/C16H13FN2O2/c1-21-15-7-6-10(8-11(15)17)16(20)14-9-18-12-4-2-3-5-13(12)19-14/h2-9,16,20H,1H3. The van der Waals surface area contributed by atoms with Gasteiger partial charge in [-0.05, 0) is 29.8 Å². The van der Waals surface area contributed by atoms with Crippen LogP contribution in [0, 0.1) is 5.82 Å². The molecule has 0 saturated heterocycles. The summed E-state index contributed by atoms with van der Waals surface area (Å²) in [4.78, 5) is 8.60. The Balaban J connectivity index is 1.99. The van der Waals surface area contributed by atoms with Crippen LogP contribution in [0.5, 0.6) is 5.75 Å². The van der Waals surface area contributed by atoms with Crippen molar-refractivity contribution in [2.75, 3.05) is 7.11 Å². The Morgan fingerprint density at radius 2 is 1.90 bits per heavy atom. The van der Waals surface area contributed by atoms with E-state index in [4.69, 9.17) is 4.74 Å². The van der Waals surface area contributed by atoms with E-state index in [1.807, 2.05) is 24.3 Å². The molecule has 3 aromatic rings. The molecule has 5 heteroatoms. The molecule has 3 rings (SSSR count). The molecule has 1 aromatic heterocycles. The SMILES string of the molecule is COc1ccc(C(O)c2cnc3ccccc3n2)cc1F. The van der Waals surface area contributed by atoms with E-state index in [0.717, 1.165) is 5.52 Å². The third kappa shape index (κ3) is 2.55. The molecule has 106 valence electrons. The van der Waals surface area contributed by atoms with Crippen LogP contribution in [-0.2, 0) is 0 Å². The lowest BCUT2D eigenvalue weighted by Crippen LogP contribution is -2.04. The molecule has 0 amide bonds. The third-order valence-corrected chi connectivity index (χ3v) is 3.24. The van der Waals surface area contributed by atoms with Crippen molar-refractivity contribution in [3.63, 3.8) is 0 Å². The van der Waals surface area contributed by atoms with Crippen molar-refractivity contribution in [2.45, 2.75) is 6.10 Å². The number of para-hydroxylation sites is 2. The van der Waals surface area contributed by atoms with E-state index >= 15 is 0 Å². The lowest BCUT2D eigenvalue weighted by Gasteiger charge is -2.12. The number of hydrogen-bond acceptors (Lipinski definition) is 4. The number of ether oxygens (including phenoxy) is 1. The predicted molar refractivity (Wildman–Crippen MR) is 76.6 cm³/mol. The molecule has 0 fully saturated rings. The Labute approximate surface area is 120 Å². The van der Waals surface area contributed by atoms with E-state index < -0.39 is 11.9 Å². The van der Waals surface area contributed by atoms with Crippen molar-refractivity contribution < 1.29 is 14.2 Å². The number of methoxy groups -OCH3 is 1. The molecular weight excluding hydrogens is 271 g/mol. The zero-order valence-corrected chi connectivity index (χ0v) is 11.3. The van der Waals surface area contributed by atoms with Crippen LogP contribution in [0.4, 0.5) is 4.39 Å². The van der Waals surface area contributed by atoms with Crippen LogP contribution in [0.25, 0.3) is 11.0 Å². The molecule has 0 aliphatic heterocycles. The smallest absolute Gasteiger partial charge is 0.165 e. The molecule has 4 nitrogen and oxygen atoms in total. The molecular formula is C16H13FN2O2. The van der Waals surface area contributed by atoms with E-state index in [1.165, 1.54) is 25.4 Å². The summed E-state index contributed by atoms with van der Waals surface area (Å²) in [5.41, 5.74) is 2.20. The number of nitrogens with zero attached hydrogens (tertiary/aromatic N) is 2. The number of halogens is 1. The first kappa shape index (κ1) is 13.5. The number of aromatic nitrogens is 2. The summed E-state index contributed by atoms with van der Waals surface area (Å²) in [6.45, 7) is 0. The Hall–Kier alpha value is -2.53. The van der Waals surface area contributed by atoms with E-state index in [2.05, 4.69) is 9.97 Å². The molecule has 1 unspecified atom stereocenters. The van der Waals surface area contributed by atoms with Crippen molar-refractivity contribution in [1.29, 1.82) is 0 Å². The first-order valence-corrected chi connectivity index (χ1v) is 6.42. The molecule has 0 spiro atoms. The minimum absolute atomic E-state index is 0.135. The second kappa shape index (κ2) is 5.46. The molecule has 0 saturated carbocycles. The summed E-state index contributed by atoms with van der Waals surface area (Å²) in [7, 11) is 1.39. The number of fused-ring (bicyclic) bond motifs is 1. The molecule has 0 aliphatic carbocycles. The van der Waals surface area contributed by atoms with Crippen LogP contribution in [-0.4, -0.2) is 22.2 Å². The van der Waals surface area contributed by atoms with Gasteiger partial charge in [-0.2, -0.15) is 0 Å². The summed E-state index contributed by atoms with van der Waals surface area (Å²) in [6, 6.07) is 11.7. The average molecular weight is 284 g/mol. The highest BCUT2D eigenvalue weighted by Gasteiger charge is 2.15. The first-order valence-electron chi connectivity index (χ1n) is 6.42. The fraction of sp³-hybridized carbons (Fsp3) is 0.125. The monoisotopic (exact) mass is 284 g/mol. The van der Waals surface area contributed by atoms with Gasteiger partial charge in [0.1, 0.15) is 6.10 Å². The fourth-order valence-electron chi connectivity index (χ4n) is 2.13. The van der Waals surface area contributed by atoms with Crippen molar-refractivity contribution in [2.24, 2.45) is 0 Å². The van der Waals surface area contributed by atoms with Crippen LogP contribution in [0.1, 0.15) is 17.4 Å². The molecule has 0 bridgehead atoms. The zero-order valence-electron chi connectivity index (χ0n) is 11.3. The average Bonchev–Trinajstić information content (AvgIpc) is 2.53. The van der Waals surface area contributed by atoms with Gasteiger partial charge in [-0.1, -0.05) is 18.2 Å². The van der Waals surface area contributed by atoms with Crippen LogP contribution in [0.15, 0.2) is 48.7 Å². The Kier molecular flexibility index (Phi) is 3.50. The fourth-order valence-corrected chi connectivity index (χ4v) is 2.13. The van der Waals surface area contributed by atoms with E-state index in [1.54, 1.807) is 6.07 Å². The molecule has 2 aromatic carbocycles. The van der Waals surface area contributed by atoms with Gasteiger partial charge in [0.15, 0.2) is 11.6 Å². The van der Waals surface area contributed by atoms with Gasteiger partial charge in [0, 0.05) is 0 Å². The minimum Gasteiger partial charge on any atom is -0.494 e. The highest BCUT2D eigenvalue weighted by Crippen LogP contribution is 2.25. The molecule has 1 N–H and O–H groups in total. The number of benzene rings is 2. The van der Waals surface area contributed by atoms with Crippen LogP contribution in [0.3, 0.4) is 0 Å². The Morgan fingerprint density at radius 1 is 1.14 bits per heavy atom. The second-order valence-corrected chi connectivity index (χ2v) is 4.58. The maximum atomic E-state index is 13.7. The number of aliphatic hydroxyl groups is 1. The number of hydrogen-bond donors (Lipinski definition) is 1. The molecule has 1 heterocycles. The minimum atomic E-state index is -1.04. The normalized spacial score (nSPS) is 12.3. The second-order valence-electron chi connectivity index (χ2n) is 4.58. The number of aliphatic hydroxyl groups excluding tert-OH is 1. The summed E-state index contributed by atoms with van der Waals surface area (Å²) < 4.78 is 18.6. The van der Waals surface area contributed by atoms with Crippen molar-refractivity contribution in [1.82, 2.24) is 9.97 Å². The summed E-state index contributed by atoms with van der Waals surface area (Å²) in [5, 5.41) is 10.3. The van der Waals surface area contributed by atoms with Crippen LogP contribution < -0.4 is 4.74 Å². The summed E-state index contributed by atoms with van der Waals surface area (Å²) >= 11 is 0. The van der Waals surface area contributed by atoms with Crippen molar-refractivity contribution in [3.05, 3.63) is 65.7 Å². The topological polar surface area (TPSA) is 55.2 Å². The quantitative estimate of drug-likeness (QED) is 0.803. The van der Waals surface area contributed by atoms with Gasteiger partial charge >= 0.3 is 0 Å². The highest BCUT2D eigenvalue weighted by molar-refractivity contribution is 5.73. The van der Waals surface area contributed by atoms with Gasteiger partial charge in [0.2, 0.25) is 0 Å². The summed E-state index contributed by atoms with van der Waals surface area (Å²) in [5.74, 6) is -0.390. The highest BCUT2D eigenvalue weighted by atomic mass is 19.1. The lowest BCUT2D eigenvalue weighted by atomic mass is 10.1. The lowest BCUT2D eigenvalue weighted by molar-refractivity contribution is 0.214. The van der Waals surface area contributed by atoms with Gasteiger partial charge in [-0.3, -0.25) is 4.98 Å². The van der Waals surface area contributed by atoms with E-state index in [9.17, 15) is 9.50 Å². The summed E-state index contributed by atoms with van der Waals surface area (Å²) in [6.07, 6.45) is 0.456. The van der Waals surface area contributed by atoms with Gasteiger partial charge in [-0.25, -0.2) is 9.37 Å². The molecule has 0 aliphatic rings. The van der Waals surface area contributed by atoms with Gasteiger partial charge in [0.25, 0.3) is 0 Å². The predicted octanol–water partition coefficient (Wildman–Crippen LogP) is 2.86. The maximum Gasteiger partial charge on any atom is 0.165 e. The Bertz CT molecular complexity index is 792. The zero-order chi connectivity index (χ0) is 14.8. The van der Waals surface area contributed by atoms with Crippen molar-refractivity contribution in [3.8, 4) is 5.75 Å². The van der Waals surface area contributed by atoms with E-state index in [0.29, 0.717) is 16.8 Å². The molecule has 0 radical (unpaired) electrons. The van der Waals surface area contributed by atoms with Gasteiger partial charge in [0.05, 0.1) is 30.0 Å². The van der Waals surface area contributed by atoms with Crippen LogP contribution in [0.2, 0.25) is 0 Å². The molecule has 1 atom stereocenters.